The lowest BCUT2D eigenvalue weighted by Gasteiger charge is -2.22. The lowest BCUT2D eigenvalue weighted by atomic mass is 10.3. The highest BCUT2D eigenvalue weighted by Crippen LogP contribution is 2.10. The predicted octanol–water partition coefficient (Wildman–Crippen LogP) is 1.98. The second kappa shape index (κ2) is 8.44. The van der Waals surface area contributed by atoms with Crippen LogP contribution in [0, 0.1) is 5.82 Å². The predicted molar refractivity (Wildman–Crippen MR) is 80.3 cm³/mol. The number of nitrogens with one attached hydrogen (secondary N) is 1. The third-order valence-corrected chi connectivity index (χ3v) is 2.76. The second-order valence-electron chi connectivity index (χ2n) is 4.14. The largest absolute Gasteiger partial charge is 0.393 e. The Morgan fingerprint density at radius 2 is 2.25 bits per heavy atom. The first-order chi connectivity index (χ1) is 9.52. The molecule has 110 valence electrons. The van der Waals surface area contributed by atoms with Gasteiger partial charge in [-0.25, -0.2) is 9.18 Å². The first-order valence-corrected chi connectivity index (χ1v) is 6.52. The van der Waals surface area contributed by atoms with Crippen LogP contribution in [-0.4, -0.2) is 42.7 Å². The molecule has 0 heterocycles. The van der Waals surface area contributed by atoms with E-state index in [1.807, 2.05) is 0 Å². The lowest BCUT2D eigenvalue weighted by molar-refractivity contribution is 0.156. The van der Waals surface area contributed by atoms with Gasteiger partial charge in [0.2, 0.25) is 0 Å². The zero-order chi connectivity index (χ0) is 15.0. The molecule has 20 heavy (non-hydrogen) atoms. The van der Waals surface area contributed by atoms with Crippen molar-refractivity contribution in [2.75, 3.05) is 32.1 Å². The van der Waals surface area contributed by atoms with Crippen molar-refractivity contribution in [3.63, 3.8) is 0 Å². The van der Waals surface area contributed by atoms with Crippen molar-refractivity contribution in [1.29, 1.82) is 0 Å². The number of benzene rings is 1. The number of carbonyl (C=O) groups excluding carboxylic acids is 1. The lowest BCUT2D eigenvalue weighted by Crippen LogP contribution is -2.39. The van der Waals surface area contributed by atoms with Crippen LogP contribution in [0.5, 0.6) is 0 Å². The number of nitrogens with two attached hydrogens (primary N) is 1. The Balaban J connectivity index is 2.63. The fourth-order valence-corrected chi connectivity index (χ4v) is 1.62. The van der Waals surface area contributed by atoms with Gasteiger partial charge in [-0.15, -0.1) is 0 Å². The SMILES string of the molecule is COCCN(CCC(N)=S)C(=O)Nc1cccc(F)c1. The minimum absolute atomic E-state index is 0.339. The van der Waals surface area contributed by atoms with Gasteiger partial charge in [0.05, 0.1) is 11.6 Å². The van der Waals surface area contributed by atoms with Crippen LogP contribution in [-0.2, 0) is 4.74 Å². The monoisotopic (exact) mass is 299 g/mol. The van der Waals surface area contributed by atoms with E-state index in [1.165, 1.54) is 23.1 Å². The molecule has 0 spiro atoms. The van der Waals surface area contributed by atoms with Gasteiger partial charge >= 0.3 is 6.03 Å². The number of ether oxygens (including phenoxy) is 1. The molecule has 3 N–H and O–H groups in total. The summed E-state index contributed by atoms with van der Waals surface area (Å²) in [6.45, 7) is 1.19. The smallest absolute Gasteiger partial charge is 0.321 e. The molecule has 1 rings (SSSR count). The van der Waals surface area contributed by atoms with E-state index in [2.05, 4.69) is 5.32 Å². The average Bonchev–Trinajstić information content (AvgIpc) is 2.38. The molecule has 0 aliphatic carbocycles. The molecule has 2 amide bonds. The molecule has 1 aromatic carbocycles. The highest BCUT2D eigenvalue weighted by molar-refractivity contribution is 7.80. The highest BCUT2D eigenvalue weighted by Gasteiger charge is 2.13. The summed E-state index contributed by atoms with van der Waals surface area (Å²) in [6, 6.07) is 5.36. The van der Waals surface area contributed by atoms with Crippen molar-refractivity contribution in [3.8, 4) is 0 Å². The Bertz CT molecular complexity index is 471. The van der Waals surface area contributed by atoms with Gasteiger partial charge in [-0.3, -0.25) is 0 Å². The quantitative estimate of drug-likeness (QED) is 0.756. The highest BCUT2D eigenvalue weighted by atomic mass is 32.1. The molecular weight excluding hydrogens is 281 g/mol. The maximum absolute atomic E-state index is 13.1. The number of methoxy groups -OCH3 is 1. The number of thiocarbonyl (C=S) groups is 1. The number of urea groups is 1. The summed E-state index contributed by atoms with van der Waals surface area (Å²) in [5.74, 6) is -0.408. The van der Waals surface area contributed by atoms with Crippen LogP contribution in [0.15, 0.2) is 24.3 Å². The number of hydrogen-bond acceptors (Lipinski definition) is 3. The molecule has 0 aromatic heterocycles. The molecule has 0 unspecified atom stereocenters. The van der Waals surface area contributed by atoms with E-state index in [0.717, 1.165) is 0 Å². The molecule has 0 saturated carbocycles. The Labute approximate surface area is 122 Å². The molecule has 7 heteroatoms. The Kier molecular flexibility index (Phi) is 6.89. The van der Waals surface area contributed by atoms with E-state index in [1.54, 1.807) is 13.2 Å². The molecule has 1 aromatic rings. The summed E-state index contributed by atoms with van der Waals surface area (Å²) >= 11 is 4.80. The maximum Gasteiger partial charge on any atom is 0.321 e. The maximum atomic E-state index is 13.1. The Morgan fingerprint density at radius 3 is 2.85 bits per heavy atom. The van der Waals surface area contributed by atoms with Crippen LogP contribution in [0.3, 0.4) is 0 Å². The first kappa shape index (κ1) is 16.3. The molecule has 0 fully saturated rings. The number of nitrogens with zero attached hydrogens (tertiary/aromatic N) is 1. The van der Waals surface area contributed by atoms with Gasteiger partial charge in [-0.1, -0.05) is 18.3 Å². The molecule has 0 radical (unpaired) electrons. The number of hydrogen-bond donors (Lipinski definition) is 2. The number of halogens is 1. The van der Waals surface area contributed by atoms with Crippen molar-refractivity contribution in [2.45, 2.75) is 6.42 Å². The normalized spacial score (nSPS) is 10.1. The second-order valence-corrected chi connectivity index (χ2v) is 4.66. The van der Waals surface area contributed by atoms with Gasteiger partial charge in [-0.05, 0) is 18.2 Å². The number of rotatable bonds is 7. The van der Waals surface area contributed by atoms with E-state index in [9.17, 15) is 9.18 Å². The van der Waals surface area contributed by atoms with Gasteiger partial charge in [0.15, 0.2) is 0 Å². The van der Waals surface area contributed by atoms with Gasteiger partial charge in [0.25, 0.3) is 0 Å². The summed E-state index contributed by atoms with van der Waals surface area (Å²) in [4.78, 5) is 14.0. The molecule has 0 saturated heterocycles. The number of anilines is 1. The Morgan fingerprint density at radius 1 is 1.50 bits per heavy atom. The Hall–Kier alpha value is -1.73. The number of carbonyl (C=O) groups is 1. The zero-order valence-electron chi connectivity index (χ0n) is 11.3. The van der Waals surface area contributed by atoms with Crippen molar-refractivity contribution >= 4 is 28.9 Å². The minimum atomic E-state index is -0.408. The molecule has 0 aliphatic rings. The topological polar surface area (TPSA) is 67.6 Å². The van der Waals surface area contributed by atoms with E-state index in [-0.39, 0.29) is 6.03 Å². The van der Waals surface area contributed by atoms with Crippen molar-refractivity contribution in [3.05, 3.63) is 30.1 Å². The summed E-state index contributed by atoms with van der Waals surface area (Å²) in [6.07, 6.45) is 0.426. The summed E-state index contributed by atoms with van der Waals surface area (Å²) in [5, 5.41) is 2.62. The van der Waals surface area contributed by atoms with E-state index in [4.69, 9.17) is 22.7 Å². The van der Waals surface area contributed by atoms with Crippen LogP contribution in [0.2, 0.25) is 0 Å². The summed E-state index contributed by atoms with van der Waals surface area (Å²) in [7, 11) is 1.55. The molecule has 0 aliphatic heterocycles. The molecule has 5 nitrogen and oxygen atoms in total. The minimum Gasteiger partial charge on any atom is -0.393 e. The summed E-state index contributed by atoms with van der Waals surface area (Å²) < 4.78 is 18.0. The first-order valence-electron chi connectivity index (χ1n) is 6.11. The van der Waals surface area contributed by atoms with Crippen LogP contribution < -0.4 is 11.1 Å². The zero-order valence-corrected chi connectivity index (χ0v) is 12.1. The van der Waals surface area contributed by atoms with E-state index < -0.39 is 5.82 Å². The van der Waals surface area contributed by atoms with E-state index >= 15 is 0 Å². The van der Waals surface area contributed by atoms with Crippen molar-refractivity contribution in [2.24, 2.45) is 5.73 Å². The fourth-order valence-electron chi connectivity index (χ4n) is 1.53. The average molecular weight is 299 g/mol. The van der Waals surface area contributed by atoms with Crippen LogP contribution in [0.25, 0.3) is 0 Å². The van der Waals surface area contributed by atoms with E-state index in [0.29, 0.717) is 36.8 Å². The van der Waals surface area contributed by atoms with Crippen molar-refractivity contribution < 1.29 is 13.9 Å². The van der Waals surface area contributed by atoms with Gasteiger partial charge in [-0.2, -0.15) is 0 Å². The van der Waals surface area contributed by atoms with Crippen molar-refractivity contribution in [1.82, 2.24) is 4.90 Å². The third-order valence-electron chi connectivity index (χ3n) is 2.56. The van der Waals surface area contributed by atoms with Crippen LogP contribution in [0.1, 0.15) is 6.42 Å². The van der Waals surface area contributed by atoms with Crippen LogP contribution in [0.4, 0.5) is 14.9 Å². The van der Waals surface area contributed by atoms with Gasteiger partial charge in [0.1, 0.15) is 5.82 Å². The summed E-state index contributed by atoms with van der Waals surface area (Å²) in [5.41, 5.74) is 5.83. The number of amides is 2. The van der Waals surface area contributed by atoms with Gasteiger partial charge in [0, 0.05) is 32.3 Å². The fraction of sp³-hybridized carbons (Fsp3) is 0.385. The van der Waals surface area contributed by atoms with Crippen LogP contribution >= 0.6 is 12.2 Å². The standard InChI is InChI=1S/C13H18FN3O2S/c1-19-8-7-17(6-5-12(15)20)13(18)16-11-4-2-3-10(14)9-11/h2-4,9H,5-8H2,1H3,(H2,15,20)(H,16,18). The third kappa shape index (κ3) is 5.94. The van der Waals surface area contributed by atoms with Gasteiger partial charge < -0.3 is 20.7 Å². The molecular formula is C13H18FN3O2S. The molecule has 0 atom stereocenters. The molecule has 0 bridgehead atoms.